The lowest BCUT2D eigenvalue weighted by molar-refractivity contribution is -0.128. The van der Waals surface area contributed by atoms with E-state index in [1.54, 1.807) is 32.9 Å². The number of aryl methyl sites for hydroxylation is 2. The van der Waals surface area contributed by atoms with Gasteiger partial charge in [-0.25, -0.2) is 8.42 Å². The normalized spacial score (nSPS) is 14.8. The SMILES string of the molecule is CC(=O)N(C)CC1CCN(CCN(C)C)CC1.CCCC(=O)CN(C)S(=O)(=O)c1c(C)cc(OC)cc1C. The molecule has 38 heavy (non-hydrogen) atoms. The molecule has 0 radical (unpaired) electrons. The summed E-state index contributed by atoms with van der Waals surface area (Å²) < 4.78 is 31.5. The van der Waals surface area contributed by atoms with Gasteiger partial charge in [-0.05, 0) is 89.5 Å². The Morgan fingerprint density at radius 1 is 1.05 bits per heavy atom. The number of nitrogens with zero attached hydrogens (tertiary/aromatic N) is 4. The van der Waals surface area contributed by atoms with Crippen molar-refractivity contribution in [2.45, 2.75) is 58.3 Å². The highest BCUT2D eigenvalue weighted by molar-refractivity contribution is 7.89. The highest BCUT2D eigenvalue weighted by atomic mass is 32.2. The van der Waals surface area contributed by atoms with E-state index in [9.17, 15) is 18.0 Å². The van der Waals surface area contributed by atoms with E-state index in [2.05, 4.69) is 23.9 Å². The maximum atomic E-state index is 12.6. The first-order valence-electron chi connectivity index (χ1n) is 13.4. The molecule has 2 rings (SSSR count). The van der Waals surface area contributed by atoms with Crippen LogP contribution in [-0.2, 0) is 19.6 Å². The maximum absolute atomic E-state index is 12.6. The number of sulfonamides is 1. The molecule has 0 unspecified atom stereocenters. The lowest BCUT2D eigenvalue weighted by atomic mass is 9.96. The minimum Gasteiger partial charge on any atom is -0.497 e. The van der Waals surface area contributed by atoms with Crippen molar-refractivity contribution in [3.05, 3.63) is 23.3 Å². The molecule has 1 aliphatic heterocycles. The molecule has 0 saturated carbocycles. The average Bonchev–Trinajstić information content (AvgIpc) is 2.83. The van der Waals surface area contributed by atoms with Crippen molar-refractivity contribution in [3.63, 3.8) is 0 Å². The highest BCUT2D eigenvalue weighted by Gasteiger charge is 2.26. The summed E-state index contributed by atoms with van der Waals surface area (Å²) in [5.41, 5.74) is 1.23. The predicted octanol–water partition coefficient (Wildman–Crippen LogP) is 3.04. The van der Waals surface area contributed by atoms with Crippen molar-refractivity contribution in [2.75, 3.05) is 74.6 Å². The molecule has 1 fully saturated rings. The van der Waals surface area contributed by atoms with Crippen molar-refractivity contribution in [3.8, 4) is 5.75 Å². The number of hydrogen-bond donors (Lipinski definition) is 0. The second-order valence-electron chi connectivity index (χ2n) is 10.6. The molecule has 0 atom stereocenters. The van der Waals surface area contributed by atoms with Crippen LogP contribution in [0.25, 0.3) is 0 Å². The molecule has 1 aliphatic rings. The molecule has 0 N–H and O–H groups in total. The van der Waals surface area contributed by atoms with Gasteiger partial charge in [0.2, 0.25) is 15.9 Å². The van der Waals surface area contributed by atoms with E-state index in [4.69, 9.17) is 4.74 Å². The zero-order chi connectivity index (χ0) is 29.0. The third kappa shape index (κ3) is 11.0. The Kier molecular flexibility index (Phi) is 14.5. The van der Waals surface area contributed by atoms with Gasteiger partial charge >= 0.3 is 0 Å². The van der Waals surface area contributed by atoms with Gasteiger partial charge in [0.05, 0.1) is 18.6 Å². The smallest absolute Gasteiger partial charge is 0.243 e. The fourth-order valence-corrected chi connectivity index (χ4v) is 6.09. The van der Waals surface area contributed by atoms with Crippen LogP contribution < -0.4 is 4.74 Å². The number of rotatable bonds is 12. The Morgan fingerprint density at radius 3 is 2.05 bits per heavy atom. The van der Waals surface area contributed by atoms with Crippen molar-refractivity contribution in [1.82, 2.24) is 19.0 Å². The van der Waals surface area contributed by atoms with Gasteiger partial charge in [0.15, 0.2) is 0 Å². The molecule has 1 heterocycles. The number of likely N-dealkylation sites (tertiary alicyclic amines) is 1. The topological polar surface area (TPSA) is 90.5 Å². The molecule has 0 spiro atoms. The summed E-state index contributed by atoms with van der Waals surface area (Å²) in [4.78, 5) is 29.7. The number of ether oxygens (including phenoxy) is 1. The first-order valence-corrected chi connectivity index (χ1v) is 14.9. The number of ketones is 1. The largest absolute Gasteiger partial charge is 0.497 e. The number of hydrogen-bond acceptors (Lipinski definition) is 7. The van der Waals surface area contributed by atoms with Gasteiger partial charge < -0.3 is 19.4 Å². The summed E-state index contributed by atoms with van der Waals surface area (Å²) in [7, 11) is 5.44. The van der Waals surface area contributed by atoms with Crippen LogP contribution in [0.2, 0.25) is 0 Å². The lowest BCUT2D eigenvalue weighted by Crippen LogP contribution is -2.41. The first kappa shape index (κ1) is 34.0. The first-order chi connectivity index (χ1) is 17.7. The Bertz CT molecular complexity index is 981. The number of piperidine rings is 1. The maximum Gasteiger partial charge on any atom is 0.243 e. The quantitative estimate of drug-likeness (QED) is 0.392. The van der Waals surface area contributed by atoms with Gasteiger partial charge in [-0.3, -0.25) is 9.59 Å². The molecule has 0 bridgehead atoms. The molecule has 1 saturated heterocycles. The second kappa shape index (κ2) is 16.2. The van der Waals surface area contributed by atoms with Crippen molar-refractivity contribution < 1.29 is 22.7 Å². The average molecular weight is 555 g/mol. The molecule has 1 amide bonds. The summed E-state index contributed by atoms with van der Waals surface area (Å²) >= 11 is 0. The van der Waals surface area contributed by atoms with Crippen molar-refractivity contribution >= 4 is 21.7 Å². The van der Waals surface area contributed by atoms with Crippen LogP contribution in [0, 0.1) is 19.8 Å². The third-order valence-electron chi connectivity index (χ3n) is 6.91. The Labute approximate surface area is 231 Å². The fourth-order valence-electron chi connectivity index (χ4n) is 4.53. The van der Waals surface area contributed by atoms with Gasteiger partial charge in [-0.1, -0.05) is 6.92 Å². The van der Waals surface area contributed by atoms with Gasteiger partial charge in [0.1, 0.15) is 11.5 Å². The van der Waals surface area contributed by atoms with Gasteiger partial charge in [-0.2, -0.15) is 4.31 Å². The van der Waals surface area contributed by atoms with Crippen molar-refractivity contribution in [1.29, 1.82) is 0 Å². The molecule has 10 heteroatoms. The molecule has 218 valence electrons. The number of carbonyl (C=O) groups is 2. The summed E-state index contributed by atoms with van der Waals surface area (Å²) in [6, 6.07) is 3.36. The number of Topliss-reactive ketones (excluding diaryl/α,β-unsaturated/α-hetero) is 1. The van der Waals surface area contributed by atoms with E-state index >= 15 is 0 Å². The number of methoxy groups -OCH3 is 1. The number of amides is 1. The van der Waals surface area contributed by atoms with Crippen LogP contribution in [0.3, 0.4) is 0 Å². The van der Waals surface area contributed by atoms with Crippen LogP contribution in [0.5, 0.6) is 5.75 Å². The summed E-state index contributed by atoms with van der Waals surface area (Å²) in [6.07, 6.45) is 3.56. The van der Waals surface area contributed by atoms with Crippen LogP contribution in [0.4, 0.5) is 0 Å². The lowest BCUT2D eigenvalue weighted by Gasteiger charge is -2.34. The monoisotopic (exact) mass is 554 g/mol. The molecule has 1 aromatic carbocycles. The number of carbonyl (C=O) groups excluding carboxylic acids is 2. The zero-order valence-corrected chi connectivity index (χ0v) is 25.9. The molecular weight excluding hydrogens is 504 g/mol. The molecule has 1 aromatic rings. The Hall–Kier alpha value is -2.01. The van der Waals surface area contributed by atoms with Crippen LogP contribution in [-0.4, -0.2) is 114 Å². The van der Waals surface area contributed by atoms with E-state index < -0.39 is 10.0 Å². The van der Waals surface area contributed by atoms with E-state index in [1.165, 1.54) is 46.6 Å². The fraction of sp³-hybridized carbons (Fsp3) is 0.714. The minimum atomic E-state index is -3.68. The molecule has 0 aromatic heterocycles. The van der Waals surface area contributed by atoms with Crippen LogP contribution in [0.15, 0.2) is 17.0 Å². The van der Waals surface area contributed by atoms with Gasteiger partial charge in [-0.15, -0.1) is 0 Å². The van der Waals surface area contributed by atoms with Crippen LogP contribution in [0.1, 0.15) is 50.7 Å². The van der Waals surface area contributed by atoms with Crippen molar-refractivity contribution in [2.24, 2.45) is 5.92 Å². The second-order valence-corrected chi connectivity index (χ2v) is 12.6. The van der Waals surface area contributed by atoms with Gasteiger partial charge in [0, 0.05) is 47.1 Å². The number of likely N-dealkylation sites (N-methyl/N-ethyl adjacent to an activating group) is 2. The summed E-state index contributed by atoms with van der Waals surface area (Å²) in [5.74, 6) is 1.42. The Morgan fingerprint density at radius 2 is 1.61 bits per heavy atom. The predicted molar refractivity (Wildman–Crippen MR) is 153 cm³/mol. The van der Waals surface area contributed by atoms with E-state index in [-0.39, 0.29) is 23.1 Å². The van der Waals surface area contributed by atoms with E-state index in [0.29, 0.717) is 35.6 Å². The number of benzene rings is 1. The molecular formula is C28H50N4O5S. The molecule has 0 aliphatic carbocycles. The van der Waals surface area contributed by atoms with E-state index in [1.807, 2.05) is 18.9 Å². The Balaban J connectivity index is 0.000000389. The zero-order valence-electron chi connectivity index (χ0n) is 25.0. The minimum absolute atomic E-state index is 0.0765. The standard InChI is InChI=1S/C15H23NO4S.C13H27N3O/c1-6-7-13(17)10-16(4)21(18,19)15-11(2)8-14(20-5)9-12(15)3;1-12(17)15(4)11-13-5-7-16(8-6-13)10-9-14(2)3/h8-9H,6-7,10H2,1-5H3;13H,5-11H2,1-4H3. The van der Waals surface area contributed by atoms with Crippen LogP contribution >= 0.6 is 0 Å². The summed E-state index contributed by atoms with van der Waals surface area (Å²) in [5, 5.41) is 0. The highest BCUT2D eigenvalue weighted by Crippen LogP contribution is 2.27. The third-order valence-corrected chi connectivity index (χ3v) is 9.02. The molecule has 9 nitrogen and oxygen atoms in total. The van der Waals surface area contributed by atoms with Gasteiger partial charge in [0.25, 0.3) is 0 Å². The summed E-state index contributed by atoms with van der Waals surface area (Å²) in [6.45, 7) is 12.5. The van der Waals surface area contributed by atoms with E-state index in [0.717, 1.165) is 17.4 Å².